The minimum absolute atomic E-state index is 0.409. The van der Waals surface area contributed by atoms with E-state index in [2.05, 4.69) is 27.7 Å². The van der Waals surface area contributed by atoms with Gasteiger partial charge in [-0.05, 0) is 25.7 Å². The van der Waals surface area contributed by atoms with E-state index >= 15 is 0 Å². The third-order valence-corrected chi connectivity index (χ3v) is 5.12. The molecule has 2 amide bonds. The Balaban J connectivity index is 5.79. The topological polar surface area (TPSA) is 100 Å². The number of hydrogen-bond acceptors (Lipinski definition) is 2. The number of unbranched alkanes of at least 4 members (excludes halogenated alkanes) is 4. The number of rotatable bonds is 16. The molecule has 0 aliphatic rings. The van der Waals surface area contributed by atoms with Gasteiger partial charge in [-0.15, -0.1) is 0 Å². The van der Waals surface area contributed by atoms with Crippen LogP contribution in [0.25, 0.3) is 0 Å². The fraction of sp³-hybridized carbons (Fsp3) is 0.900. The molecule has 5 heteroatoms. The summed E-state index contributed by atoms with van der Waals surface area (Å²) in [5, 5.41) is 4.94. The van der Waals surface area contributed by atoms with E-state index in [1.54, 1.807) is 0 Å². The summed E-state index contributed by atoms with van der Waals surface area (Å²) in [6, 6.07) is 0. The molecule has 0 rings (SSSR count). The van der Waals surface area contributed by atoms with Crippen molar-refractivity contribution in [1.29, 1.82) is 0 Å². The third kappa shape index (κ3) is 7.35. The van der Waals surface area contributed by atoms with Gasteiger partial charge in [0.25, 0.3) is 0 Å². The van der Waals surface area contributed by atoms with Crippen LogP contribution in [0.1, 0.15) is 105 Å². The van der Waals surface area contributed by atoms with E-state index < -0.39 is 22.9 Å². The highest BCUT2D eigenvalue weighted by Gasteiger charge is 2.47. The summed E-state index contributed by atoms with van der Waals surface area (Å²) in [7, 11) is 0. The summed E-state index contributed by atoms with van der Waals surface area (Å²) < 4.78 is 0. The number of nitrogens with zero attached hydrogens (tertiary/aromatic N) is 1. The summed E-state index contributed by atoms with van der Waals surface area (Å²) in [6.45, 7) is 8.34. The molecular formula is C20H40N3O2. The number of carbonyl (C=O) groups is 2. The SMILES string of the molecule is CCCCC(CCCC)([N]C(CCCC)(CCCC)C(N)=O)C(N)=O. The maximum absolute atomic E-state index is 12.5. The molecule has 147 valence electrons. The van der Waals surface area contributed by atoms with Gasteiger partial charge in [0.2, 0.25) is 11.8 Å². The standard InChI is InChI=1S/C20H40N3O2/c1-5-9-13-19(17(21)24,14-10-6-2)23-20(18(22)25,15-11-7-3)16-12-8-4/h5-16H2,1-4H3,(H2,21,24)(H2,22,25). The van der Waals surface area contributed by atoms with E-state index in [0.29, 0.717) is 25.7 Å². The average molecular weight is 355 g/mol. The fourth-order valence-corrected chi connectivity index (χ4v) is 3.36. The number of nitrogens with two attached hydrogens (primary N) is 2. The molecule has 0 heterocycles. The van der Waals surface area contributed by atoms with E-state index in [4.69, 9.17) is 16.8 Å². The van der Waals surface area contributed by atoms with E-state index in [0.717, 1.165) is 51.4 Å². The number of primary amides is 2. The molecule has 0 saturated carbocycles. The fourth-order valence-electron chi connectivity index (χ4n) is 3.36. The highest BCUT2D eigenvalue weighted by molar-refractivity contribution is 5.89. The van der Waals surface area contributed by atoms with Crippen molar-refractivity contribution in [1.82, 2.24) is 5.32 Å². The monoisotopic (exact) mass is 354 g/mol. The Morgan fingerprint density at radius 1 is 0.640 bits per heavy atom. The minimum Gasteiger partial charge on any atom is -0.368 e. The van der Waals surface area contributed by atoms with E-state index in [1.165, 1.54) is 0 Å². The summed E-state index contributed by atoms with van der Waals surface area (Å²) in [5.74, 6) is -0.818. The van der Waals surface area contributed by atoms with Gasteiger partial charge in [0.05, 0.1) is 0 Å². The van der Waals surface area contributed by atoms with Gasteiger partial charge in [-0.3, -0.25) is 9.59 Å². The molecule has 0 aromatic heterocycles. The first-order chi connectivity index (χ1) is 11.8. The third-order valence-electron chi connectivity index (χ3n) is 5.12. The van der Waals surface area contributed by atoms with Crippen LogP contribution in [-0.2, 0) is 9.59 Å². The van der Waals surface area contributed by atoms with Crippen molar-refractivity contribution in [3.63, 3.8) is 0 Å². The number of hydrogen-bond donors (Lipinski definition) is 2. The Morgan fingerprint density at radius 2 is 0.880 bits per heavy atom. The Labute approximate surface area is 154 Å². The lowest BCUT2D eigenvalue weighted by Crippen LogP contribution is -2.63. The molecule has 5 nitrogen and oxygen atoms in total. The minimum atomic E-state index is -0.970. The van der Waals surface area contributed by atoms with Crippen molar-refractivity contribution in [3.05, 3.63) is 0 Å². The zero-order valence-electron chi connectivity index (χ0n) is 16.9. The molecule has 25 heavy (non-hydrogen) atoms. The van der Waals surface area contributed by atoms with Crippen LogP contribution in [0.15, 0.2) is 0 Å². The molecular weight excluding hydrogens is 314 g/mol. The molecule has 1 radical (unpaired) electrons. The van der Waals surface area contributed by atoms with Gasteiger partial charge in [0.15, 0.2) is 0 Å². The van der Waals surface area contributed by atoms with Crippen LogP contribution < -0.4 is 16.8 Å². The van der Waals surface area contributed by atoms with E-state index in [1.807, 2.05) is 0 Å². The van der Waals surface area contributed by atoms with Gasteiger partial charge in [0.1, 0.15) is 11.1 Å². The molecule has 0 aromatic rings. The number of carbonyl (C=O) groups excluding carboxylic acids is 2. The second kappa shape index (κ2) is 12.3. The first-order valence-corrected chi connectivity index (χ1v) is 10.2. The van der Waals surface area contributed by atoms with Crippen LogP contribution in [0.4, 0.5) is 0 Å². The van der Waals surface area contributed by atoms with E-state index in [9.17, 15) is 9.59 Å². The van der Waals surface area contributed by atoms with Crippen LogP contribution in [0.5, 0.6) is 0 Å². The van der Waals surface area contributed by atoms with E-state index in [-0.39, 0.29) is 0 Å². The normalized spacial score (nSPS) is 12.3. The van der Waals surface area contributed by atoms with Gasteiger partial charge >= 0.3 is 0 Å². The maximum atomic E-state index is 12.5. The van der Waals surface area contributed by atoms with Gasteiger partial charge < -0.3 is 11.5 Å². The summed E-state index contributed by atoms with van der Waals surface area (Å²) in [5.41, 5.74) is 9.73. The lowest BCUT2D eigenvalue weighted by Gasteiger charge is -2.40. The Bertz CT molecular complexity index is 344. The van der Waals surface area contributed by atoms with Crippen molar-refractivity contribution in [2.75, 3.05) is 0 Å². The average Bonchev–Trinajstić information content (AvgIpc) is 2.59. The van der Waals surface area contributed by atoms with Crippen LogP contribution in [-0.4, -0.2) is 22.9 Å². The van der Waals surface area contributed by atoms with Gasteiger partial charge in [0, 0.05) is 0 Å². The molecule has 0 bridgehead atoms. The van der Waals surface area contributed by atoms with Crippen LogP contribution in [0, 0.1) is 0 Å². The molecule has 4 N–H and O–H groups in total. The molecule has 0 aliphatic carbocycles. The maximum Gasteiger partial charge on any atom is 0.239 e. The highest BCUT2D eigenvalue weighted by atomic mass is 16.2. The molecule has 0 saturated heterocycles. The zero-order chi connectivity index (χ0) is 19.3. The summed E-state index contributed by atoms with van der Waals surface area (Å²) >= 11 is 0. The Morgan fingerprint density at radius 3 is 1.04 bits per heavy atom. The molecule has 0 fully saturated rings. The Kier molecular flexibility index (Phi) is 11.7. The predicted octanol–water partition coefficient (Wildman–Crippen LogP) is 3.80. The lowest BCUT2D eigenvalue weighted by atomic mass is 9.79. The van der Waals surface area contributed by atoms with Crippen LogP contribution >= 0.6 is 0 Å². The highest BCUT2D eigenvalue weighted by Crippen LogP contribution is 2.32. The van der Waals surface area contributed by atoms with Crippen molar-refractivity contribution in [2.24, 2.45) is 11.5 Å². The molecule has 0 spiro atoms. The van der Waals surface area contributed by atoms with Gasteiger partial charge in [-0.1, -0.05) is 79.1 Å². The molecule has 0 atom stereocenters. The van der Waals surface area contributed by atoms with Crippen molar-refractivity contribution < 1.29 is 9.59 Å². The molecule has 0 unspecified atom stereocenters. The van der Waals surface area contributed by atoms with Gasteiger partial charge in [-0.2, -0.15) is 0 Å². The largest absolute Gasteiger partial charge is 0.368 e. The first kappa shape index (κ1) is 23.9. The second-order valence-electron chi connectivity index (χ2n) is 7.32. The van der Waals surface area contributed by atoms with Crippen molar-refractivity contribution >= 4 is 11.8 Å². The predicted molar refractivity (Wildman–Crippen MR) is 104 cm³/mol. The smallest absolute Gasteiger partial charge is 0.239 e. The van der Waals surface area contributed by atoms with Crippen LogP contribution in [0.3, 0.4) is 0 Å². The Hall–Kier alpha value is -1.10. The zero-order valence-corrected chi connectivity index (χ0v) is 16.9. The lowest BCUT2D eigenvalue weighted by molar-refractivity contribution is -0.131. The first-order valence-electron chi connectivity index (χ1n) is 10.2. The summed E-state index contributed by atoms with van der Waals surface area (Å²) in [6.07, 6.45) is 9.73. The summed E-state index contributed by atoms with van der Waals surface area (Å²) in [4.78, 5) is 24.9. The molecule has 0 aromatic carbocycles. The quantitative estimate of drug-likeness (QED) is 0.440. The van der Waals surface area contributed by atoms with Crippen molar-refractivity contribution in [3.8, 4) is 0 Å². The van der Waals surface area contributed by atoms with Crippen molar-refractivity contribution in [2.45, 2.75) is 116 Å². The number of amides is 2. The van der Waals surface area contributed by atoms with Crippen LogP contribution in [0.2, 0.25) is 0 Å². The molecule has 0 aliphatic heterocycles. The van der Waals surface area contributed by atoms with Gasteiger partial charge in [-0.25, -0.2) is 5.32 Å². The second-order valence-corrected chi connectivity index (χ2v) is 7.32.